The molecule has 2 aromatic heterocycles. The van der Waals surface area contributed by atoms with Crippen LogP contribution in [0.5, 0.6) is 5.75 Å². The van der Waals surface area contributed by atoms with Crippen molar-refractivity contribution in [3.63, 3.8) is 0 Å². The molecule has 0 saturated heterocycles. The molecule has 112 valence electrons. The fourth-order valence-corrected chi connectivity index (χ4v) is 4.51. The number of hydrogen-bond acceptors (Lipinski definition) is 7. The summed E-state index contributed by atoms with van der Waals surface area (Å²) >= 11 is 3.13. The van der Waals surface area contributed by atoms with Gasteiger partial charge in [0, 0.05) is 18.0 Å². The lowest BCUT2D eigenvalue weighted by Gasteiger charge is -2.28. The molecule has 1 aliphatic rings. The molecule has 3 rings (SSSR count). The molecule has 1 aliphatic heterocycles. The molecule has 0 spiro atoms. The van der Waals surface area contributed by atoms with Gasteiger partial charge < -0.3 is 20.1 Å². The van der Waals surface area contributed by atoms with Crippen LogP contribution in [0.15, 0.2) is 11.4 Å². The molecule has 21 heavy (non-hydrogen) atoms. The number of thiophene rings is 2. The zero-order valence-corrected chi connectivity index (χ0v) is 13.5. The number of anilines is 2. The molecule has 2 N–H and O–H groups in total. The highest BCUT2D eigenvalue weighted by Gasteiger charge is 2.28. The summed E-state index contributed by atoms with van der Waals surface area (Å²) in [6.45, 7) is 1.71. The second kappa shape index (κ2) is 5.57. The fraction of sp³-hybridized carbons (Fsp3) is 0.357. The molecule has 5 nitrogen and oxygen atoms in total. The highest BCUT2D eigenvalue weighted by molar-refractivity contribution is 7.19. The average Bonchev–Trinajstić information content (AvgIpc) is 3.09. The summed E-state index contributed by atoms with van der Waals surface area (Å²) in [5.41, 5.74) is 7.73. The Bertz CT molecular complexity index is 678. The fourth-order valence-electron chi connectivity index (χ4n) is 2.49. The number of methoxy groups -OCH3 is 2. The summed E-state index contributed by atoms with van der Waals surface area (Å²) < 4.78 is 10.2. The van der Waals surface area contributed by atoms with E-state index in [1.165, 1.54) is 28.9 Å². The summed E-state index contributed by atoms with van der Waals surface area (Å²) in [4.78, 5) is 15.8. The van der Waals surface area contributed by atoms with E-state index in [1.807, 2.05) is 0 Å². The van der Waals surface area contributed by atoms with Gasteiger partial charge >= 0.3 is 5.97 Å². The van der Waals surface area contributed by atoms with E-state index in [0.717, 1.165) is 24.5 Å². The van der Waals surface area contributed by atoms with E-state index in [2.05, 4.69) is 16.3 Å². The Labute approximate surface area is 130 Å². The Kier molecular flexibility index (Phi) is 3.77. The van der Waals surface area contributed by atoms with E-state index in [4.69, 9.17) is 15.2 Å². The smallest absolute Gasteiger partial charge is 0.350 e. The SMILES string of the molecule is COC(=O)c1sc(N2CCc3sccc3C2)c(OC)c1N. The predicted octanol–water partition coefficient (Wildman–Crippen LogP) is 2.75. The molecular formula is C14H16N2O3S2. The molecule has 0 fully saturated rings. The van der Waals surface area contributed by atoms with Gasteiger partial charge in [0.1, 0.15) is 15.6 Å². The summed E-state index contributed by atoms with van der Waals surface area (Å²) in [7, 11) is 2.93. The minimum absolute atomic E-state index is 0.362. The van der Waals surface area contributed by atoms with Gasteiger partial charge in [-0.2, -0.15) is 0 Å². The third-order valence-electron chi connectivity index (χ3n) is 3.55. The van der Waals surface area contributed by atoms with Crippen molar-refractivity contribution < 1.29 is 14.3 Å². The van der Waals surface area contributed by atoms with Crippen LogP contribution in [-0.2, 0) is 17.7 Å². The maximum Gasteiger partial charge on any atom is 0.350 e. The van der Waals surface area contributed by atoms with Crippen molar-refractivity contribution in [1.82, 2.24) is 0 Å². The Hall–Kier alpha value is -1.73. The molecular weight excluding hydrogens is 308 g/mol. The Balaban J connectivity index is 1.97. The number of nitrogens with zero attached hydrogens (tertiary/aromatic N) is 1. The number of esters is 1. The largest absolute Gasteiger partial charge is 0.492 e. The quantitative estimate of drug-likeness (QED) is 0.880. The Morgan fingerprint density at radius 2 is 2.24 bits per heavy atom. The van der Waals surface area contributed by atoms with Gasteiger partial charge in [-0.3, -0.25) is 0 Å². The monoisotopic (exact) mass is 324 g/mol. The van der Waals surface area contributed by atoms with E-state index < -0.39 is 5.97 Å². The van der Waals surface area contributed by atoms with Gasteiger partial charge in [-0.15, -0.1) is 22.7 Å². The number of nitrogen functional groups attached to an aromatic ring is 1. The predicted molar refractivity (Wildman–Crippen MR) is 85.7 cm³/mol. The molecule has 3 heterocycles. The number of carbonyl (C=O) groups is 1. The van der Waals surface area contributed by atoms with Crippen molar-refractivity contribution in [3.8, 4) is 5.75 Å². The summed E-state index contributed by atoms with van der Waals surface area (Å²) in [6, 6.07) is 2.15. The summed E-state index contributed by atoms with van der Waals surface area (Å²) in [5, 5.41) is 3.01. The maximum atomic E-state index is 11.8. The lowest BCUT2D eigenvalue weighted by atomic mass is 10.1. The van der Waals surface area contributed by atoms with Crippen LogP contribution < -0.4 is 15.4 Å². The number of nitrogens with two attached hydrogens (primary N) is 1. The van der Waals surface area contributed by atoms with E-state index in [0.29, 0.717) is 16.3 Å². The van der Waals surface area contributed by atoms with Gasteiger partial charge in [0.2, 0.25) is 0 Å². The van der Waals surface area contributed by atoms with Gasteiger partial charge in [0.15, 0.2) is 5.75 Å². The molecule has 0 unspecified atom stereocenters. The number of hydrogen-bond donors (Lipinski definition) is 1. The van der Waals surface area contributed by atoms with Crippen LogP contribution in [-0.4, -0.2) is 26.7 Å². The minimum Gasteiger partial charge on any atom is -0.492 e. The lowest BCUT2D eigenvalue weighted by molar-refractivity contribution is 0.0607. The first-order valence-electron chi connectivity index (χ1n) is 6.50. The van der Waals surface area contributed by atoms with Gasteiger partial charge in [-0.25, -0.2) is 4.79 Å². The number of ether oxygens (including phenoxy) is 2. The van der Waals surface area contributed by atoms with E-state index in [9.17, 15) is 4.79 Å². The second-order valence-electron chi connectivity index (χ2n) is 4.72. The first-order chi connectivity index (χ1) is 10.2. The van der Waals surface area contributed by atoms with Gasteiger partial charge in [0.25, 0.3) is 0 Å². The molecule has 2 aromatic rings. The van der Waals surface area contributed by atoms with E-state index in [-0.39, 0.29) is 0 Å². The topological polar surface area (TPSA) is 64.8 Å². The van der Waals surface area contributed by atoms with Crippen molar-refractivity contribution in [2.75, 3.05) is 31.4 Å². The van der Waals surface area contributed by atoms with Crippen molar-refractivity contribution in [3.05, 3.63) is 26.8 Å². The van der Waals surface area contributed by atoms with Crippen molar-refractivity contribution >= 4 is 39.3 Å². The molecule has 0 aliphatic carbocycles. The van der Waals surface area contributed by atoms with Gasteiger partial charge in [-0.05, 0) is 23.4 Å². The van der Waals surface area contributed by atoms with Crippen molar-refractivity contribution in [2.45, 2.75) is 13.0 Å². The first-order valence-corrected chi connectivity index (χ1v) is 8.20. The van der Waals surface area contributed by atoms with Crippen LogP contribution in [0.4, 0.5) is 10.7 Å². The van der Waals surface area contributed by atoms with E-state index in [1.54, 1.807) is 18.4 Å². The standard InChI is InChI=1S/C14H16N2O3S2/c1-18-11-10(15)12(14(17)19-2)21-13(11)16-5-3-9-8(7-16)4-6-20-9/h4,6H,3,5,7,15H2,1-2H3. The van der Waals surface area contributed by atoms with Crippen LogP contribution in [0.25, 0.3) is 0 Å². The van der Waals surface area contributed by atoms with Crippen LogP contribution in [0.2, 0.25) is 0 Å². The van der Waals surface area contributed by atoms with Crippen LogP contribution in [0, 0.1) is 0 Å². The average molecular weight is 324 g/mol. The first kappa shape index (κ1) is 14.2. The third-order valence-corrected chi connectivity index (χ3v) is 5.80. The Morgan fingerprint density at radius 3 is 2.95 bits per heavy atom. The molecule has 0 atom stereocenters. The van der Waals surface area contributed by atoms with Crippen molar-refractivity contribution in [1.29, 1.82) is 0 Å². The molecule has 0 aromatic carbocycles. The Morgan fingerprint density at radius 1 is 1.43 bits per heavy atom. The molecule has 0 amide bonds. The van der Waals surface area contributed by atoms with Crippen LogP contribution >= 0.6 is 22.7 Å². The van der Waals surface area contributed by atoms with Crippen molar-refractivity contribution in [2.24, 2.45) is 0 Å². The summed E-state index contributed by atoms with van der Waals surface area (Å²) in [5.74, 6) is 0.148. The lowest BCUT2D eigenvalue weighted by Crippen LogP contribution is -2.28. The zero-order valence-electron chi connectivity index (χ0n) is 11.8. The molecule has 7 heteroatoms. The molecule has 0 saturated carbocycles. The second-order valence-corrected chi connectivity index (χ2v) is 6.72. The number of rotatable bonds is 3. The minimum atomic E-state index is -0.421. The van der Waals surface area contributed by atoms with Gasteiger partial charge in [0.05, 0.1) is 14.2 Å². The van der Waals surface area contributed by atoms with E-state index >= 15 is 0 Å². The maximum absolute atomic E-state index is 11.8. The normalized spacial score (nSPS) is 13.9. The van der Waals surface area contributed by atoms with Crippen LogP contribution in [0.1, 0.15) is 20.1 Å². The number of fused-ring (bicyclic) bond motifs is 1. The zero-order chi connectivity index (χ0) is 15.0. The highest BCUT2D eigenvalue weighted by atomic mass is 32.1. The third kappa shape index (κ3) is 2.36. The molecule has 0 bridgehead atoms. The number of carbonyl (C=O) groups excluding carboxylic acids is 1. The summed E-state index contributed by atoms with van der Waals surface area (Å²) in [6.07, 6.45) is 1.00. The highest BCUT2D eigenvalue weighted by Crippen LogP contribution is 2.46. The van der Waals surface area contributed by atoms with Gasteiger partial charge in [-0.1, -0.05) is 0 Å². The molecule has 0 radical (unpaired) electrons. The van der Waals surface area contributed by atoms with Crippen LogP contribution in [0.3, 0.4) is 0 Å².